The normalized spacial score (nSPS) is 12.0. The molecule has 0 saturated carbocycles. The van der Waals surface area contributed by atoms with Crippen LogP contribution in [0.1, 0.15) is 12.5 Å². The number of aromatic nitrogens is 5. The third-order valence-electron chi connectivity index (χ3n) is 3.55. The van der Waals surface area contributed by atoms with Crippen molar-refractivity contribution in [2.24, 2.45) is 5.92 Å². The molecule has 0 aliphatic heterocycles. The van der Waals surface area contributed by atoms with E-state index in [1.165, 1.54) is 6.33 Å². The first-order valence-corrected chi connectivity index (χ1v) is 7.41. The van der Waals surface area contributed by atoms with E-state index in [1.54, 1.807) is 21.9 Å². The van der Waals surface area contributed by atoms with E-state index in [1.807, 2.05) is 43.5 Å². The molecule has 0 bridgehead atoms. The van der Waals surface area contributed by atoms with Crippen LogP contribution in [0.3, 0.4) is 0 Å². The standard InChI is InChI=1S/C16H18N6O/c1-13(10-21-12-17-11-20-21)16(23)18-9-14-3-5-15(6-4-14)22-8-2-7-19-22/h2-8,11-13H,9-10H2,1H3,(H,18,23). The maximum absolute atomic E-state index is 12.1. The Bertz CT molecular complexity index is 733. The van der Waals surface area contributed by atoms with Gasteiger partial charge in [0, 0.05) is 18.9 Å². The molecule has 0 aliphatic carbocycles. The Morgan fingerprint density at radius 2 is 2.09 bits per heavy atom. The smallest absolute Gasteiger partial charge is 0.224 e. The van der Waals surface area contributed by atoms with E-state index >= 15 is 0 Å². The van der Waals surface area contributed by atoms with Crippen molar-refractivity contribution < 1.29 is 4.79 Å². The summed E-state index contributed by atoms with van der Waals surface area (Å²) in [6, 6.07) is 9.81. The Kier molecular flexibility index (Phi) is 4.46. The highest BCUT2D eigenvalue weighted by Crippen LogP contribution is 2.09. The summed E-state index contributed by atoms with van der Waals surface area (Å²) in [5, 5.41) is 11.1. The molecule has 23 heavy (non-hydrogen) atoms. The number of benzene rings is 1. The van der Waals surface area contributed by atoms with Gasteiger partial charge in [-0.15, -0.1) is 0 Å². The molecular weight excluding hydrogens is 292 g/mol. The average Bonchev–Trinajstić information content (AvgIpc) is 3.26. The van der Waals surface area contributed by atoms with Crippen LogP contribution in [0.15, 0.2) is 55.4 Å². The van der Waals surface area contributed by atoms with E-state index in [0.29, 0.717) is 13.1 Å². The average molecular weight is 310 g/mol. The fraction of sp³-hybridized carbons (Fsp3) is 0.250. The molecule has 1 unspecified atom stereocenters. The van der Waals surface area contributed by atoms with Gasteiger partial charge in [-0.05, 0) is 23.8 Å². The number of hydrogen-bond donors (Lipinski definition) is 1. The molecule has 0 fully saturated rings. The van der Waals surface area contributed by atoms with Gasteiger partial charge in [0.1, 0.15) is 12.7 Å². The van der Waals surface area contributed by atoms with Crippen LogP contribution < -0.4 is 5.32 Å². The number of carbonyl (C=O) groups excluding carboxylic acids is 1. The van der Waals surface area contributed by atoms with E-state index in [0.717, 1.165) is 11.3 Å². The number of amides is 1. The molecule has 3 rings (SSSR count). The van der Waals surface area contributed by atoms with Crippen molar-refractivity contribution in [3.63, 3.8) is 0 Å². The Labute approximate surface area is 134 Å². The summed E-state index contributed by atoms with van der Waals surface area (Å²) in [6.07, 6.45) is 6.71. The number of nitrogens with zero attached hydrogens (tertiary/aromatic N) is 5. The minimum atomic E-state index is -0.167. The molecule has 0 aliphatic rings. The second kappa shape index (κ2) is 6.87. The second-order valence-electron chi connectivity index (χ2n) is 5.35. The van der Waals surface area contributed by atoms with Gasteiger partial charge < -0.3 is 5.32 Å². The highest BCUT2D eigenvalue weighted by molar-refractivity contribution is 5.78. The summed E-state index contributed by atoms with van der Waals surface area (Å²) in [4.78, 5) is 16.0. The molecule has 2 aromatic heterocycles. The topological polar surface area (TPSA) is 77.6 Å². The van der Waals surface area contributed by atoms with Gasteiger partial charge in [-0.25, -0.2) is 9.67 Å². The summed E-state index contributed by atoms with van der Waals surface area (Å²) in [5.74, 6) is -0.170. The molecule has 118 valence electrons. The first-order chi connectivity index (χ1) is 11.2. The zero-order chi connectivity index (χ0) is 16.1. The molecule has 0 spiro atoms. The molecule has 1 atom stereocenters. The molecule has 1 amide bonds. The van der Waals surface area contributed by atoms with E-state index in [4.69, 9.17) is 0 Å². The minimum Gasteiger partial charge on any atom is -0.352 e. The molecule has 0 saturated heterocycles. The maximum Gasteiger partial charge on any atom is 0.224 e. The van der Waals surface area contributed by atoms with Crippen LogP contribution in [-0.4, -0.2) is 30.5 Å². The second-order valence-corrected chi connectivity index (χ2v) is 5.35. The van der Waals surface area contributed by atoms with Crippen molar-refractivity contribution in [3.05, 3.63) is 60.9 Å². The van der Waals surface area contributed by atoms with Crippen LogP contribution >= 0.6 is 0 Å². The van der Waals surface area contributed by atoms with E-state index < -0.39 is 0 Å². The number of hydrogen-bond acceptors (Lipinski definition) is 4. The van der Waals surface area contributed by atoms with Gasteiger partial charge in [0.25, 0.3) is 0 Å². The first-order valence-electron chi connectivity index (χ1n) is 7.41. The lowest BCUT2D eigenvalue weighted by molar-refractivity contribution is -0.125. The Hall–Kier alpha value is -2.96. The lowest BCUT2D eigenvalue weighted by Gasteiger charge is -2.12. The predicted octanol–water partition coefficient (Wildman–Crippen LogP) is 1.42. The Morgan fingerprint density at radius 3 is 2.74 bits per heavy atom. The molecule has 7 heteroatoms. The monoisotopic (exact) mass is 310 g/mol. The first kappa shape index (κ1) is 15.0. The highest BCUT2D eigenvalue weighted by Gasteiger charge is 2.13. The third-order valence-corrected chi connectivity index (χ3v) is 3.55. The molecule has 3 aromatic rings. The summed E-state index contributed by atoms with van der Waals surface area (Å²) < 4.78 is 3.45. The van der Waals surface area contributed by atoms with Gasteiger partial charge in [0.05, 0.1) is 18.2 Å². The maximum atomic E-state index is 12.1. The summed E-state index contributed by atoms with van der Waals surface area (Å²) in [7, 11) is 0. The van der Waals surface area contributed by atoms with Crippen molar-refractivity contribution in [3.8, 4) is 5.69 Å². The summed E-state index contributed by atoms with van der Waals surface area (Å²) in [6.45, 7) is 2.89. The molecule has 0 radical (unpaired) electrons. The third kappa shape index (κ3) is 3.82. The van der Waals surface area contributed by atoms with Gasteiger partial charge in [-0.1, -0.05) is 19.1 Å². The van der Waals surface area contributed by atoms with E-state index in [9.17, 15) is 4.79 Å². The van der Waals surface area contributed by atoms with E-state index in [-0.39, 0.29) is 11.8 Å². The Balaban J connectivity index is 1.52. The van der Waals surface area contributed by atoms with Crippen LogP contribution in [0.5, 0.6) is 0 Å². The fourth-order valence-corrected chi connectivity index (χ4v) is 2.24. The van der Waals surface area contributed by atoms with Gasteiger partial charge in [0.15, 0.2) is 0 Å². The molecule has 1 N–H and O–H groups in total. The molecule has 7 nitrogen and oxygen atoms in total. The van der Waals surface area contributed by atoms with Gasteiger partial charge in [-0.3, -0.25) is 9.48 Å². The van der Waals surface area contributed by atoms with E-state index in [2.05, 4.69) is 20.5 Å². The largest absolute Gasteiger partial charge is 0.352 e. The highest BCUT2D eigenvalue weighted by atomic mass is 16.1. The quantitative estimate of drug-likeness (QED) is 0.747. The lowest BCUT2D eigenvalue weighted by atomic mass is 10.1. The number of carbonyl (C=O) groups is 1. The van der Waals surface area contributed by atoms with Crippen molar-refractivity contribution >= 4 is 5.91 Å². The minimum absolute atomic E-state index is 0.00310. The lowest BCUT2D eigenvalue weighted by Crippen LogP contribution is -2.31. The van der Waals surface area contributed by atoms with Crippen molar-refractivity contribution in [2.45, 2.75) is 20.0 Å². The zero-order valence-corrected chi connectivity index (χ0v) is 12.8. The van der Waals surface area contributed by atoms with Crippen LogP contribution in [-0.2, 0) is 17.9 Å². The number of rotatable bonds is 6. The van der Waals surface area contributed by atoms with Crippen LogP contribution in [0.2, 0.25) is 0 Å². The Morgan fingerprint density at radius 1 is 1.26 bits per heavy atom. The van der Waals surface area contributed by atoms with Gasteiger partial charge >= 0.3 is 0 Å². The van der Waals surface area contributed by atoms with Crippen LogP contribution in [0, 0.1) is 5.92 Å². The van der Waals surface area contributed by atoms with Crippen molar-refractivity contribution in [1.82, 2.24) is 29.9 Å². The SMILES string of the molecule is CC(Cn1cncn1)C(=O)NCc1ccc(-n2cccn2)cc1. The van der Waals surface area contributed by atoms with Crippen LogP contribution in [0.25, 0.3) is 5.69 Å². The molecular formula is C16H18N6O. The predicted molar refractivity (Wildman–Crippen MR) is 84.6 cm³/mol. The number of nitrogens with one attached hydrogen (secondary N) is 1. The summed E-state index contributed by atoms with van der Waals surface area (Å²) >= 11 is 0. The fourth-order valence-electron chi connectivity index (χ4n) is 2.24. The summed E-state index contributed by atoms with van der Waals surface area (Å²) in [5.41, 5.74) is 2.03. The molecule has 2 heterocycles. The van der Waals surface area contributed by atoms with Crippen molar-refractivity contribution in [1.29, 1.82) is 0 Å². The zero-order valence-electron chi connectivity index (χ0n) is 12.8. The van der Waals surface area contributed by atoms with Gasteiger partial charge in [0.2, 0.25) is 5.91 Å². The van der Waals surface area contributed by atoms with Gasteiger partial charge in [-0.2, -0.15) is 10.2 Å². The van der Waals surface area contributed by atoms with Crippen molar-refractivity contribution in [2.75, 3.05) is 0 Å². The molecule has 1 aromatic carbocycles. The van der Waals surface area contributed by atoms with Crippen LogP contribution in [0.4, 0.5) is 0 Å².